The van der Waals surface area contributed by atoms with Gasteiger partial charge in [0.1, 0.15) is 16.7 Å². The standard InChI is InChI=1S/C14H14N4O5S2.C6H4/c1-6(19)18(8-3-2-4-24-8)9-12(21)17-5-7(14(22)23)10(11(20)16-15)25-13(9)17;1-2-5-4-6(5)3-1/h2-5,9-10,13H,15H2,1H3,(H,16,20)(H,22,23);1-4H/t9?,10?,13-;/m1./s1. The predicted molar refractivity (Wildman–Crippen MR) is 117 cm³/mol. The quantitative estimate of drug-likeness (QED) is 0.233. The first kappa shape index (κ1) is 21.1. The number of fused-ring (bicyclic) bond motifs is 2. The molecule has 11 heteroatoms. The van der Waals surface area contributed by atoms with Crippen LogP contribution in [0, 0.1) is 0 Å². The summed E-state index contributed by atoms with van der Waals surface area (Å²) in [5.41, 5.74) is 4.56. The Morgan fingerprint density at radius 1 is 1.19 bits per heavy atom. The SMILES string of the molecule is CC(=O)N(c1cccs1)C1C(=O)N2C=C(C(=O)O)C(C(=O)NN)S[C@H]12.c1cc2cc-2c1. The van der Waals surface area contributed by atoms with Crippen LogP contribution in [-0.2, 0) is 19.2 Å². The summed E-state index contributed by atoms with van der Waals surface area (Å²) in [6.07, 6.45) is 1.15. The van der Waals surface area contributed by atoms with Crippen molar-refractivity contribution in [2.24, 2.45) is 5.84 Å². The van der Waals surface area contributed by atoms with Crippen LogP contribution in [-0.4, -0.2) is 50.4 Å². The summed E-state index contributed by atoms with van der Waals surface area (Å²) in [6, 6.07) is 11.2. The van der Waals surface area contributed by atoms with E-state index >= 15 is 0 Å². The molecule has 4 aliphatic rings. The molecule has 1 fully saturated rings. The van der Waals surface area contributed by atoms with E-state index in [0.29, 0.717) is 5.00 Å². The Kier molecular flexibility index (Phi) is 5.56. The minimum absolute atomic E-state index is 0.235. The lowest BCUT2D eigenvalue weighted by atomic mass is 10.0. The lowest BCUT2D eigenvalue weighted by molar-refractivity contribution is -0.142. The van der Waals surface area contributed by atoms with Gasteiger partial charge in [-0.15, -0.1) is 23.1 Å². The summed E-state index contributed by atoms with van der Waals surface area (Å²) in [6.45, 7) is 1.35. The maximum absolute atomic E-state index is 12.5. The van der Waals surface area contributed by atoms with E-state index in [1.165, 1.54) is 39.2 Å². The normalized spacial score (nSPS) is 22.1. The zero-order valence-corrected chi connectivity index (χ0v) is 17.9. The molecule has 0 bridgehead atoms. The topological polar surface area (TPSA) is 133 Å². The number of anilines is 1. The molecule has 0 aromatic carbocycles. The molecule has 1 aromatic rings. The molecular weight excluding hydrogens is 440 g/mol. The van der Waals surface area contributed by atoms with Crippen LogP contribution in [0.4, 0.5) is 5.00 Å². The highest BCUT2D eigenvalue weighted by Gasteiger charge is 2.56. The monoisotopic (exact) mass is 458 g/mol. The number of carboxylic acid groups (broad SMARTS) is 1. The van der Waals surface area contributed by atoms with Crippen molar-refractivity contribution in [1.82, 2.24) is 10.3 Å². The van der Waals surface area contributed by atoms with Crippen molar-refractivity contribution >= 4 is 51.8 Å². The molecule has 0 saturated carbocycles. The van der Waals surface area contributed by atoms with Crippen LogP contribution in [0.1, 0.15) is 6.92 Å². The van der Waals surface area contributed by atoms with Crippen molar-refractivity contribution in [3.05, 3.63) is 53.6 Å². The Morgan fingerprint density at radius 2 is 1.90 bits per heavy atom. The number of thioether (sulfide) groups is 1. The van der Waals surface area contributed by atoms with Gasteiger partial charge >= 0.3 is 5.97 Å². The van der Waals surface area contributed by atoms with Crippen molar-refractivity contribution in [1.29, 1.82) is 0 Å². The molecule has 1 aromatic heterocycles. The van der Waals surface area contributed by atoms with Crippen molar-refractivity contribution in [3.8, 4) is 11.1 Å². The number of hydrogen-bond donors (Lipinski definition) is 3. The van der Waals surface area contributed by atoms with Crippen LogP contribution >= 0.6 is 23.1 Å². The van der Waals surface area contributed by atoms with Crippen LogP contribution in [0.5, 0.6) is 0 Å². The number of carbonyl (C=O) groups is 4. The highest BCUT2D eigenvalue weighted by Crippen LogP contribution is 2.44. The molecule has 5 rings (SSSR count). The molecule has 4 N–H and O–H groups in total. The second-order valence-corrected chi connectivity index (χ2v) is 9.07. The highest BCUT2D eigenvalue weighted by molar-refractivity contribution is 8.01. The molecule has 2 unspecified atom stereocenters. The van der Waals surface area contributed by atoms with Gasteiger partial charge in [0.15, 0.2) is 0 Å². The van der Waals surface area contributed by atoms with Gasteiger partial charge < -0.3 is 10.0 Å². The third kappa shape index (κ3) is 3.82. The van der Waals surface area contributed by atoms with Gasteiger partial charge in [0.2, 0.25) is 5.91 Å². The average Bonchev–Trinajstić information content (AvgIpc) is 3.12. The molecule has 160 valence electrons. The lowest BCUT2D eigenvalue weighted by Crippen LogP contribution is -2.70. The van der Waals surface area contributed by atoms with Gasteiger partial charge in [-0.25, -0.2) is 10.6 Å². The number of hydrogen-bond acceptors (Lipinski definition) is 7. The van der Waals surface area contributed by atoms with Crippen LogP contribution in [0.2, 0.25) is 0 Å². The highest BCUT2D eigenvalue weighted by atomic mass is 32.2. The van der Waals surface area contributed by atoms with Gasteiger partial charge in [-0.05, 0) is 34.7 Å². The van der Waals surface area contributed by atoms with E-state index in [2.05, 4.69) is 24.3 Å². The molecule has 3 heterocycles. The minimum Gasteiger partial charge on any atom is -0.478 e. The summed E-state index contributed by atoms with van der Waals surface area (Å²) in [7, 11) is 0. The number of β-lactam (4-membered cyclic amide) rings is 1. The third-order valence-corrected chi connectivity index (χ3v) is 7.36. The number of nitrogens with one attached hydrogen (secondary N) is 1. The Labute approximate surface area is 185 Å². The molecule has 2 aliphatic heterocycles. The number of nitrogens with zero attached hydrogens (tertiary/aromatic N) is 2. The van der Waals surface area contributed by atoms with Gasteiger partial charge in [-0.1, -0.05) is 18.2 Å². The molecule has 0 spiro atoms. The van der Waals surface area contributed by atoms with Crippen molar-refractivity contribution < 1.29 is 24.3 Å². The van der Waals surface area contributed by atoms with Gasteiger partial charge in [0, 0.05) is 13.1 Å². The second-order valence-electron chi connectivity index (χ2n) is 6.92. The number of amides is 3. The van der Waals surface area contributed by atoms with E-state index in [0.717, 1.165) is 18.0 Å². The third-order valence-electron chi connectivity index (χ3n) is 4.99. The number of hydrazine groups is 1. The summed E-state index contributed by atoms with van der Waals surface area (Å²) in [5, 5.41) is 10.0. The van der Waals surface area contributed by atoms with Gasteiger partial charge in [0.05, 0.1) is 10.6 Å². The molecule has 9 nitrogen and oxygen atoms in total. The summed E-state index contributed by atoms with van der Waals surface area (Å²) >= 11 is 2.29. The van der Waals surface area contributed by atoms with E-state index in [1.54, 1.807) is 17.5 Å². The Morgan fingerprint density at radius 3 is 2.35 bits per heavy atom. The Balaban J connectivity index is 0.000000325. The Hall–Kier alpha value is -3.15. The Bertz CT molecular complexity index is 1080. The van der Waals surface area contributed by atoms with E-state index in [9.17, 15) is 24.3 Å². The van der Waals surface area contributed by atoms with Crippen molar-refractivity contribution in [2.75, 3.05) is 4.90 Å². The first-order valence-electron chi connectivity index (χ1n) is 9.20. The van der Waals surface area contributed by atoms with Gasteiger partial charge in [0.25, 0.3) is 11.8 Å². The number of carboxylic acids is 1. The zero-order valence-electron chi connectivity index (χ0n) is 16.2. The number of benzene rings is 1. The first-order valence-corrected chi connectivity index (χ1v) is 11.0. The number of aliphatic carboxylic acids is 1. The first-order chi connectivity index (χ1) is 14.8. The second kappa shape index (κ2) is 8.17. The van der Waals surface area contributed by atoms with E-state index in [-0.39, 0.29) is 11.5 Å². The van der Waals surface area contributed by atoms with Crippen LogP contribution in [0.25, 0.3) is 11.1 Å². The summed E-state index contributed by atoms with van der Waals surface area (Å²) in [4.78, 5) is 50.5. The van der Waals surface area contributed by atoms with E-state index in [4.69, 9.17) is 5.84 Å². The molecule has 2 aliphatic carbocycles. The fourth-order valence-corrected chi connectivity index (χ4v) is 5.70. The van der Waals surface area contributed by atoms with Crippen LogP contribution < -0.4 is 16.2 Å². The molecule has 1 saturated heterocycles. The van der Waals surface area contributed by atoms with Crippen molar-refractivity contribution in [3.63, 3.8) is 0 Å². The fraction of sp³-hybridized carbons (Fsp3) is 0.200. The minimum atomic E-state index is -1.31. The summed E-state index contributed by atoms with van der Waals surface area (Å²) < 4.78 is 0. The number of nitrogens with two attached hydrogens (primary N) is 1. The number of thiophene rings is 1. The van der Waals surface area contributed by atoms with Gasteiger partial charge in [-0.3, -0.25) is 24.7 Å². The predicted octanol–water partition coefficient (Wildman–Crippen LogP) is 1.38. The van der Waals surface area contributed by atoms with E-state index < -0.39 is 34.4 Å². The summed E-state index contributed by atoms with van der Waals surface area (Å²) in [5.74, 6) is 2.44. The number of rotatable bonds is 4. The van der Waals surface area contributed by atoms with Gasteiger partial charge in [-0.2, -0.15) is 0 Å². The number of carbonyl (C=O) groups excluding carboxylic acids is 3. The van der Waals surface area contributed by atoms with Crippen molar-refractivity contribution in [2.45, 2.75) is 23.6 Å². The molecular formula is C20H18N4O5S2. The average molecular weight is 459 g/mol. The lowest BCUT2D eigenvalue weighted by Gasteiger charge is -2.51. The molecule has 3 amide bonds. The zero-order chi connectivity index (χ0) is 22.3. The van der Waals surface area contributed by atoms with Crippen LogP contribution in [0.15, 0.2) is 53.6 Å². The van der Waals surface area contributed by atoms with E-state index in [1.807, 2.05) is 5.43 Å². The molecule has 31 heavy (non-hydrogen) atoms. The van der Waals surface area contributed by atoms with Crippen LogP contribution in [0.3, 0.4) is 0 Å². The molecule has 3 atom stereocenters. The maximum Gasteiger partial charge on any atom is 0.334 e. The smallest absolute Gasteiger partial charge is 0.334 e. The fourth-order valence-electron chi connectivity index (χ4n) is 3.43. The molecule has 0 radical (unpaired) electrons. The maximum atomic E-state index is 12.5. The largest absolute Gasteiger partial charge is 0.478 e.